The summed E-state index contributed by atoms with van der Waals surface area (Å²) >= 11 is 0. The van der Waals surface area contributed by atoms with E-state index in [1.165, 1.54) is 51.6 Å². The van der Waals surface area contributed by atoms with Gasteiger partial charge in [-0.25, -0.2) is 0 Å². The quantitative estimate of drug-likeness (QED) is 0.731. The minimum atomic E-state index is 0.617. The molecule has 3 atom stereocenters. The second kappa shape index (κ2) is 4.97. The Labute approximate surface area is 105 Å². The molecule has 0 amide bonds. The van der Waals surface area contributed by atoms with Crippen molar-refractivity contribution >= 4 is 6.34 Å². The van der Waals surface area contributed by atoms with Crippen LogP contribution in [0.4, 0.5) is 0 Å². The van der Waals surface area contributed by atoms with Crippen LogP contribution >= 0.6 is 0 Å². The largest absolute Gasteiger partial charge is 0.345 e. The summed E-state index contributed by atoms with van der Waals surface area (Å²) in [5.41, 5.74) is 0. The summed E-state index contributed by atoms with van der Waals surface area (Å²) in [7, 11) is 0. The Morgan fingerprint density at radius 1 is 1.18 bits per heavy atom. The van der Waals surface area contributed by atoms with Crippen molar-refractivity contribution in [2.45, 2.75) is 57.5 Å². The minimum absolute atomic E-state index is 0.617. The molecule has 0 aromatic carbocycles. The van der Waals surface area contributed by atoms with Crippen molar-refractivity contribution in [2.75, 3.05) is 19.8 Å². The monoisotopic (exact) mass is 235 g/mol. The van der Waals surface area contributed by atoms with Crippen LogP contribution in [0.2, 0.25) is 0 Å². The zero-order chi connectivity index (χ0) is 11.7. The van der Waals surface area contributed by atoms with E-state index in [1.54, 1.807) is 0 Å². The normalized spacial score (nSPS) is 38.4. The third kappa shape index (κ3) is 2.49. The van der Waals surface area contributed by atoms with Crippen LogP contribution in [-0.2, 0) is 0 Å². The predicted octanol–water partition coefficient (Wildman–Crippen LogP) is 2.33. The van der Waals surface area contributed by atoms with E-state index in [0.29, 0.717) is 6.04 Å². The van der Waals surface area contributed by atoms with Gasteiger partial charge in [0.25, 0.3) is 0 Å². The van der Waals surface area contributed by atoms with Gasteiger partial charge in [0.15, 0.2) is 0 Å². The van der Waals surface area contributed by atoms with Crippen LogP contribution in [0.3, 0.4) is 0 Å². The highest BCUT2D eigenvalue weighted by atomic mass is 15.4. The second-order valence-corrected chi connectivity index (χ2v) is 6.16. The topological polar surface area (TPSA) is 18.8 Å². The molecule has 1 saturated carbocycles. The first-order valence-corrected chi connectivity index (χ1v) is 7.34. The highest BCUT2D eigenvalue weighted by molar-refractivity contribution is 5.59. The molecular weight excluding hydrogens is 210 g/mol. The van der Waals surface area contributed by atoms with E-state index in [2.05, 4.69) is 23.1 Å². The summed E-state index contributed by atoms with van der Waals surface area (Å²) in [6.45, 7) is 6.07. The van der Waals surface area contributed by atoms with E-state index in [-0.39, 0.29) is 0 Å². The van der Waals surface area contributed by atoms with Crippen LogP contribution < -0.4 is 0 Å². The number of likely N-dealkylation sites (tertiary alicyclic amines) is 1. The first-order chi connectivity index (χ1) is 8.33. The molecule has 17 heavy (non-hydrogen) atoms. The van der Waals surface area contributed by atoms with E-state index in [1.807, 2.05) is 0 Å². The van der Waals surface area contributed by atoms with Crippen LogP contribution in [-0.4, -0.2) is 48.0 Å². The molecule has 0 N–H and O–H groups in total. The van der Waals surface area contributed by atoms with Gasteiger partial charge >= 0.3 is 0 Å². The number of fused-ring (bicyclic) bond motifs is 1. The van der Waals surface area contributed by atoms with E-state index >= 15 is 0 Å². The summed E-state index contributed by atoms with van der Waals surface area (Å²) in [6, 6.07) is 1.34. The lowest BCUT2D eigenvalue weighted by Gasteiger charge is -2.38. The Bertz CT molecular complexity index is 289. The molecule has 1 aliphatic carbocycles. The summed E-state index contributed by atoms with van der Waals surface area (Å²) in [4.78, 5) is 9.84. The van der Waals surface area contributed by atoms with Crippen LogP contribution in [0.25, 0.3) is 0 Å². The zero-order valence-electron chi connectivity index (χ0n) is 11.0. The lowest BCUT2D eigenvalue weighted by Crippen LogP contribution is -2.47. The first-order valence-electron chi connectivity index (χ1n) is 7.34. The Morgan fingerprint density at radius 2 is 2.06 bits per heavy atom. The van der Waals surface area contributed by atoms with Gasteiger partial charge in [-0.2, -0.15) is 0 Å². The molecule has 3 heteroatoms. The molecule has 2 fully saturated rings. The average Bonchev–Trinajstić information content (AvgIpc) is 2.73. The van der Waals surface area contributed by atoms with Crippen LogP contribution in [0.5, 0.6) is 0 Å². The number of nitrogens with zero attached hydrogens (tertiary/aromatic N) is 3. The fourth-order valence-electron chi connectivity index (χ4n) is 3.70. The molecular formula is C14H25N3. The van der Waals surface area contributed by atoms with Crippen molar-refractivity contribution < 1.29 is 0 Å². The van der Waals surface area contributed by atoms with Gasteiger partial charge in [-0.15, -0.1) is 0 Å². The van der Waals surface area contributed by atoms with Crippen molar-refractivity contribution in [3.05, 3.63) is 0 Å². The molecule has 3 aliphatic rings. The Kier molecular flexibility index (Phi) is 3.37. The third-order valence-electron chi connectivity index (χ3n) is 4.63. The summed E-state index contributed by atoms with van der Waals surface area (Å²) < 4.78 is 0. The fourth-order valence-corrected chi connectivity index (χ4v) is 3.70. The Hall–Kier alpha value is -0.570. The van der Waals surface area contributed by atoms with Crippen molar-refractivity contribution in [2.24, 2.45) is 10.9 Å². The van der Waals surface area contributed by atoms with Gasteiger partial charge in [0.05, 0.1) is 25.1 Å². The Morgan fingerprint density at radius 3 is 2.94 bits per heavy atom. The van der Waals surface area contributed by atoms with Gasteiger partial charge in [0.1, 0.15) is 0 Å². The number of piperidine rings is 1. The zero-order valence-corrected chi connectivity index (χ0v) is 11.0. The number of aliphatic imine (C=N–C) groups is 1. The number of rotatable bonds is 2. The van der Waals surface area contributed by atoms with E-state index < -0.39 is 0 Å². The maximum Gasteiger partial charge on any atom is 0.0867 e. The molecule has 3 nitrogen and oxygen atoms in total. The van der Waals surface area contributed by atoms with Crippen molar-refractivity contribution in [3.8, 4) is 0 Å². The van der Waals surface area contributed by atoms with Gasteiger partial charge in [-0.1, -0.05) is 19.8 Å². The van der Waals surface area contributed by atoms with E-state index in [0.717, 1.165) is 18.6 Å². The van der Waals surface area contributed by atoms with Crippen molar-refractivity contribution in [1.29, 1.82) is 0 Å². The summed E-state index contributed by atoms with van der Waals surface area (Å²) in [5.74, 6) is 0.880. The van der Waals surface area contributed by atoms with Gasteiger partial charge in [0, 0.05) is 6.54 Å². The Balaban J connectivity index is 1.56. The maximum atomic E-state index is 4.70. The van der Waals surface area contributed by atoms with Crippen LogP contribution in [0.15, 0.2) is 4.99 Å². The molecule has 2 aliphatic heterocycles. The predicted molar refractivity (Wildman–Crippen MR) is 71.2 cm³/mol. The highest BCUT2D eigenvalue weighted by Gasteiger charge is 2.33. The molecule has 3 rings (SSSR count). The van der Waals surface area contributed by atoms with Crippen molar-refractivity contribution in [3.63, 3.8) is 0 Å². The van der Waals surface area contributed by atoms with Crippen LogP contribution in [0, 0.1) is 5.92 Å². The SMILES string of the molecule is CC1CCCN(CN2C=NC3CCCCC32)C1. The molecule has 0 spiro atoms. The summed E-state index contributed by atoms with van der Waals surface area (Å²) in [6.07, 6.45) is 10.4. The van der Waals surface area contributed by atoms with Gasteiger partial charge < -0.3 is 4.90 Å². The fraction of sp³-hybridized carbons (Fsp3) is 0.929. The molecule has 3 unspecified atom stereocenters. The molecule has 96 valence electrons. The number of hydrogen-bond acceptors (Lipinski definition) is 3. The molecule has 0 radical (unpaired) electrons. The minimum Gasteiger partial charge on any atom is -0.345 e. The molecule has 0 aromatic heterocycles. The highest BCUT2D eigenvalue weighted by Crippen LogP contribution is 2.29. The van der Waals surface area contributed by atoms with Crippen LogP contribution in [0.1, 0.15) is 45.4 Å². The average molecular weight is 235 g/mol. The smallest absolute Gasteiger partial charge is 0.0867 e. The standard InChI is InChI=1S/C14H25N3/c1-12-5-4-8-16(9-12)11-17-10-15-13-6-2-3-7-14(13)17/h10,12-14H,2-9,11H2,1H3. The number of hydrogen-bond donors (Lipinski definition) is 0. The van der Waals surface area contributed by atoms with Gasteiger partial charge in [-0.05, 0) is 38.1 Å². The van der Waals surface area contributed by atoms with E-state index in [9.17, 15) is 0 Å². The second-order valence-electron chi connectivity index (χ2n) is 6.16. The van der Waals surface area contributed by atoms with Gasteiger partial charge in [0.2, 0.25) is 0 Å². The first kappa shape index (κ1) is 11.5. The van der Waals surface area contributed by atoms with Gasteiger partial charge in [-0.3, -0.25) is 9.89 Å². The third-order valence-corrected chi connectivity index (χ3v) is 4.63. The lowest BCUT2D eigenvalue weighted by atomic mass is 9.91. The summed E-state index contributed by atoms with van der Waals surface area (Å²) in [5, 5.41) is 0. The molecule has 2 heterocycles. The maximum absolute atomic E-state index is 4.70. The molecule has 0 aromatic rings. The molecule has 1 saturated heterocycles. The molecule has 0 bridgehead atoms. The van der Waals surface area contributed by atoms with E-state index in [4.69, 9.17) is 4.99 Å². The lowest BCUT2D eigenvalue weighted by molar-refractivity contribution is 0.105. The van der Waals surface area contributed by atoms with Crippen molar-refractivity contribution in [1.82, 2.24) is 9.80 Å².